The molecule has 110 valence electrons. The Bertz CT molecular complexity index is 511. The summed E-state index contributed by atoms with van der Waals surface area (Å²) in [6, 6.07) is 1.86. The first kappa shape index (κ1) is 14.9. The Kier molecular flexibility index (Phi) is 5.06. The molecule has 0 atom stereocenters. The highest BCUT2D eigenvalue weighted by Crippen LogP contribution is 2.21. The van der Waals surface area contributed by atoms with Crippen molar-refractivity contribution in [3.05, 3.63) is 23.5 Å². The number of oxime groups is 1. The van der Waals surface area contributed by atoms with Crippen LogP contribution in [0.2, 0.25) is 0 Å². The first-order chi connectivity index (χ1) is 9.72. The number of unbranched alkanes of at least 4 members (excludes halogenated alkanes) is 1. The number of carbonyl (C=O) groups is 1. The molecule has 1 amide bonds. The van der Waals surface area contributed by atoms with Crippen LogP contribution in [-0.2, 0) is 6.54 Å². The van der Waals surface area contributed by atoms with Crippen LogP contribution in [0.5, 0.6) is 0 Å². The smallest absolute Gasteiger partial charge is 0.271 e. The van der Waals surface area contributed by atoms with Crippen LogP contribution in [-0.4, -0.2) is 45.3 Å². The van der Waals surface area contributed by atoms with E-state index < -0.39 is 0 Å². The molecule has 0 saturated carbocycles. The maximum absolute atomic E-state index is 12.6. The van der Waals surface area contributed by atoms with Crippen molar-refractivity contribution in [1.82, 2.24) is 9.47 Å². The minimum atomic E-state index is 0.0111. The van der Waals surface area contributed by atoms with Gasteiger partial charge in [-0.2, -0.15) is 0 Å². The molecule has 1 aromatic heterocycles. The number of alkyl halides is 1. The molecule has 6 heteroatoms. The van der Waals surface area contributed by atoms with E-state index in [0.717, 1.165) is 24.9 Å². The van der Waals surface area contributed by atoms with Crippen molar-refractivity contribution >= 4 is 23.2 Å². The van der Waals surface area contributed by atoms with E-state index in [-0.39, 0.29) is 5.91 Å². The molecule has 2 rings (SSSR count). The molecule has 20 heavy (non-hydrogen) atoms. The SMILES string of the molecule is CCN1CCC(=NO)c2ccn(CCCCCl)c2C1=O. The van der Waals surface area contributed by atoms with Crippen molar-refractivity contribution in [1.29, 1.82) is 0 Å². The van der Waals surface area contributed by atoms with Gasteiger partial charge >= 0.3 is 0 Å². The number of hydrogen-bond donors (Lipinski definition) is 1. The standard InChI is InChI=1S/C14H20ClN3O2/c1-2-17-10-6-12(16-20)11-5-9-18(8-4-3-7-15)13(11)14(17)19/h5,9,20H,2-4,6-8,10H2,1H3. The zero-order valence-electron chi connectivity index (χ0n) is 11.7. The third kappa shape index (κ3) is 2.82. The summed E-state index contributed by atoms with van der Waals surface area (Å²) in [7, 11) is 0. The Morgan fingerprint density at radius 1 is 1.45 bits per heavy atom. The summed E-state index contributed by atoms with van der Waals surface area (Å²) in [5.74, 6) is 0.638. The number of fused-ring (bicyclic) bond motifs is 1. The molecule has 5 nitrogen and oxygen atoms in total. The third-order valence-corrected chi connectivity index (χ3v) is 3.94. The quantitative estimate of drug-likeness (QED) is 0.393. The van der Waals surface area contributed by atoms with Crippen LogP contribution in [0.15, 0.2) is 17.4 Å². The Balaban J connectivity index is 2.35. The Hall–Kier alpha value is -1.49. The summed E-state index contributed by atoms with van der Waals surface area (Å²) >= 11 is 5.69. The molecular formula is C14H20ClN3O2. The van der Waals surface area contributed by atoms with Gasteiger partial charge in [-0.15, -0.1) is 11.6 Å². The predicted octanol–water partition coefficient (Wildman–Crippen LogP) is 2.55. The van der Waals surface area contributed by atoms with Gasteiger partial charge in [0.1, 0.15) is 5.69 Å². The van der Waals surface area contributed by atoms with Gasteiger partial charge < -0.3 is 14.7 Å². The van der Waals surface area contributed by atoms with Gasteiger partial charge in [0.15, 0.2) is 0 Å². The average molecular weight is 298 g/mol. The van der Waals surface area contributed by atoms with E-state index in [1.54, 1.807) is 4.90 Å². The van der Waals surface area contributed by atoms with Crippen molar-refractivity contribution < 1.29 is 10.0 Å². The highest BCUT2D eigenvalue weighted by molar-refractivity contribution is 6.17. The monoisotopic (exact) mass is 297 g/mol. The van der Waals surface area contributed by atoms with E-state index in [2.05, 4.69) is 5.16 Å². The van der Waals surface area contributed by atoms with E-state index in [0.29, 0.717) is 36.8 Å². The number of nitrogens with zero attached hydrogens (tertiary/aromatic N) is 3. The molecule has 0 unspecified atom stereocenters. The van der Waals surface area contributed by atoms with Gasteiger partial charge in [-0.05, 0) is 25.8 Å². The van der Waals surface area contributed by atoms with Gasteiger partial charge in [-0.1, -0.05) is 5.16 Å². The first-order valence-electron chi connectivity index (χ1n) is 6.98. The fourth-order valence-corrected chi connectivity index (χ4v) is 2.73. The Morgan fingerprint density at radius 3 is 2.90 bits per heavy atom. The molecule has 0 aromatic carbocycles. The number of halogens is 1. The van der Waals surface area contributed by atoms with E-state index in [1.807, 2.05) is 23.8 Å². The van der Waals surface area contributed by atoms with Crippen molar-refractivity contribution in [2.75, 3.05) is 19.0 Å². The summed E-state index contributed by atoms with van der Waals surface area (Å²) in [6.07, 6.45) is 4.31. The van der Waals surface area contributed by atoms with Crippen molar-refractivity contribution in [3.8, 4) is 0 Å². The van der Waals surface area contributed by atoms with Crippen LogP contribution in [0.1, 0.15) is 42.2 Å². The van der Waals surface area contributed by atoms with E-state index in [4.69, 9.17) is 16.8 Å². The van der Waals surface area contributed by atoms with Crippen LogP contribution in [0.4, 0.5) is 0 Å². The molecule has 0 radical (unpaired) electrons. The molecule has 0 fully saturated rings. The second-order valence-electron chi connectivity index (χ2n) is 4.85. The minimum Gasteiger partial charge on any atom is -0.411 e. The molecular weight excluding hydrogens is 278 g/mol. The number of rotatable bonds is 5. The zero-order valence-corrected chi connectivity index (χ0v) is 12.4. The van der Waals surface area contributed by atoms with E-state index in [1.165, 1.54) is 0 Å². The maximum Gasteiger partial charge on any atom is 0.271 e. The topological polar surface area (TPSA) is 57.8 Å². The highest BCUT2D eigenvalue weighted by Gasteiger charge is 2.28. The summed E-state index contributed by atoms with van der Waals surface area (Å²) in [5.41, 5.74) is 1.96. The number of carbonyl (C=O) groups excluding carboxylic acids is 1. The lowest BCUT2D eigenvalue weighted by Crippen LogP contribution is -2.32. The lowest BCUT2D eigenvalue weighted by Gasteiger charge is -2.19. The molecule has 1 aromatic rings. The van der Waals surface area contributed by atoms with Crippen molar-refractivity contribution in [2.45, 2.75) is 32.7 Å². The lowest BCUT2D eigenvalue weighted by atomic mass is 10.1. The van der Waals surface area contributed by atoms with Crippen molar-refractivity contribution in [2.24, 2.45) is 5.16 Å². The molecule has 0 saturated heterocycles. The van der Waals surface area contributed by atoms with Crippen molar-refractivity contribution in [3.63, 3.8) is 0 Å². The second-order valence-corrected chi connectivity index (χ2v) is 5.23. The third-order valence-electron chi connectivity index (χ3n) is 3.67. The molecule has 0 spiro atoms. The van der Waals surface area contributed by atoms with Gasteiger partial charge in [-0.3, -0.25) is 4.79 Å². The lowest BCUT2D eigenvalue weighted by molar-refractivity contribution is 0.0761. The van der Waals surface area contributed by atoms with Gasteiger partial charge in [0, 0.05) is 43.7 Å². The van der Waals surface area contributed by atoms with Gasteiger partial charge in [-0.25, -0.2) is 0 Å². The number of hydrogen-bond acceptors (Lipinski definition) is 3. The molecule has 1 N–H and O–H groups in total. The number of aryl methyl sites for hydroxylation is 1. The molecule has 2 heterocycles. The largest absolute Gasteiger partial charge is 0.411 e. The number of amides is 1. The summed E-state index contributed by atoms with van der Waals surface area (Å²) in [6.45, 7) is 3.96. The van der Waals surface area contributed by atoms with Crippen LogP contribution >= 0.6 is 11.6 Å². The molecule has 1 aliphatic heterocycles. The fraction of sp³-hybridized carbons (Fsp3) is 0.571. The molecule has 0 aliphatic carbocycles. The van der Waals surface area contributed by atoms with Crippen LogP contribution < -0.4 is 0 Å². The Morgan fingerprint density at radius 2 is 2.25 bits per heavy atom. The highest BCUT2D eigenvalue weighted by atomic mass is 35.5. The summed E-state index contributed by atoms with van der Waals surface area (Å²) < 4.78 is 1.95. The van der Waals surface area contributed by atoms with Gasteiger partial charge in [0.2, 0.25) is 0 Å². The fourth-order valence-electron chi connectivity index (χ4n) is 2.54. The average Bonchev–Trinajstić information content (AvgIpc) is 2.81. The predicted molar refractivity (Wildman–Crippen MR) is 78.9 cm³/mol. The normalized spacial score (nSPS) is 17.4. The van der Waals surface area contributed by atoms with Crippen LogP contribution in [0.25, 0.3) is 0 Å². The summed E-state index contributed by atoms with van der Waals surface area (Å²) in [5, 5.41) is 12.5. The van der Waals surface area contributed by atoms with Gasteiger partial charge in [0.05, 0.1) is 5.71 Å². The maximum atomic E-state index is 12.6. The van der Waals surface area contributed by atoms with Crippen LogP contribution in [0, 0.1) is 0 Å². The second kappa shape index (κ2) is 6.79. The van der Waals surface area contributed by atoms with Crippen LogP contribution in [0.3, 0.4) is 0 Å². The first-order valence-corrected chi connectivity index (χ1v) is 7.52. The summed E-state index contributed by atoms with van der Waals surface area (Å²) in [4.78, 5) is 14.4. The molecule has 1 aliphatic rings. The zero-order chi connectivity index (χ0) is 14.5. The molecule has 0 bridgehead atoms. The Labute approximate surface area is 123 Å². The minimum absolute atomic E-state index is 0.0111. The number of aromatic nitrogens is 1. The van der Waals surface area contributed by atoms with E-state index in [9.17, 15) is 4.79 Å². The van der Waals surface area contributed by atoms with E-state index >= 15 is 0 Å². The van der Waals surface area contributed by atoms with Gasteiger partial charge in [0.25, 0.3) is 5.91 Å².